The summed E-state index contributed by atoms with van der Waals surface area (Å²) in [5, 5.41) is 10.3. The molecule has 0 aliphatic heterocycles. The molecule has 3 N–H and O–H groups in total. The first-order valence-corrected chi connectivity index (χ1v) is 4.22. The van der Waals surface area contributed by atoms with Gasteiger partial charge >= 0.3 is 0 Å². The van der Waals surface area contributed by atoms with Crippen LogP contribution in [-0.2, 0) is 17.8 Å². The summed E-state index contributed by atoms with van der Waals surface area (Å²) in [5.74, 6) is -0.298. The molecule has 4 nitrogen and oxygen atoms in total. The number of amides is 1. The molecule has 0 unspecified atom stereocenters. The van der Waals surface area contributed by atoms with Crippen LogP contribution in [-0.4, -0.2) is 5.91 Å². The van der Waals surface area contributed by atoms with Crippen LogP contribution in [0.5, 0.6) is 0 Å². The molecule has 0 spiro atoms. The predicted octanol–water partition coefficient (Wildman–Crippen LogP) is 0.285. The standard InChI is InChI=1S/C10H11N3O/c11-6-9-3-1-8(2-4-9)5-10(14)13-7-12/h1-4H,5-6,11H2,(H,13,14). The van der Waals surface area contributed by atoms with Crippen molar-refractivity contribution in [2.45, 2.75) is 13.0 Å². The van der Waals surface area contributed by atoms with Gasteiger partial charge < -0.3 is 5.73 Å². The van der Waals surface area contributed by atoms with E-state index in [0.29, 0.717) is 6.54 Å². The molecule has 0 aliphatic carbocycles. The van der Waals surface area contributed by atoms with E-state index in [1.54, 1.807) is 6.19 Å². The van der Waals surface area contributed by atoms with E-state index in [2.05, 4.69) is 5.32 Å². The molecule has 0 aliphatic rings. The molecule has 1 rings (SSSR count). The maximum Gasteiger partial charge on any atom is 0.237 e. The van der Waals surface area contributed by atoms with Gasteiger partial charge in [-0.2, -0.15) is 5.26 Å². The lowest BCUT2D eigenvalue weighted by atomic mass is 10.1. The molecule has 0 saturated heterocycles. The Morgan fingerprint density at radius 2 is 1.93 bits per heavy atom. The van der Waals surface area contributed by atoms with Crippen molar-refractivity contribution in [3.63, 3.8) is 0 Å². The number of nitriles is 1. The van der Waals surface area contributed by atoms with Crippen molar-refractivity contribution < 1.29 is 4.79 Å². The number of benzene rings is 1. The predicted molar refractivity (Wildman–Crippen MR) is 51.8 cm³/mol. The Hall–Kier alpha value is -1.86. The van der Waals surface area contributed by atoms with Crippen LogP contribution in [0.25, 0.3) is 0 Å². The molecule has 1 aromatic carbocycles. The Labute approximate surface area is 82.3 Å². The highest BCUT2D eigenvalue weighted by molar-refractivity contribution is 5.79. The molecule has 0 radical (unpaired) electrons. The smallest absolute Gasteiger partial charge is 0.237 e. The SMILES string of the molecule is N#CNC(=O)Cc1ccc(CN)cc1. The normalized spacial score (nSPS) is 9.14. The van der Waals surface area contributed by atoms with Crippen molar-refractivity contribution in [2.24, 2.45) is 5.73 Å². The summed E-state index contributed by atoms with van der Waals surface area (Å²) in [6.45, 7) is 0.491. The summed E-state index contributed by atoms with van der Waals surface area (Å²) in [6.07, 6.45) is 1.81. The fourth-order valence-corrected chi connectivity index (χ4v) is 1.09. The Balaban J connectivity index is 2.60. The largest absolute Gasteiger partial charge is 0.326 e. The van der Waals surface area contributed by atoms with E-state index in [1.165, 1.54) is 0 Å². The van der Waals surface area contributed by atoms with E-state index in [4.69, 9.17) is 11.0 Å². The van der Waals surface area contributed by atoms with Crippen LogP contribution in [0, 0.1) is 11.5 Å². The number of carbonyl (C=O) groups excluding carboxylic acids is 1. The van der Waals surface area contributed by atoms with Gasteiger partial charge in [0.1, 0.15) is 0 Å². The Morgan fingerprint density at radius 1 is 1.36 bits per heavy atom. The highest BCUT2D eigenvalue weighted by Gasteiger charge is 2.01. The lowest BCUT2D eigenvalue weighted by molar-refractivity contribution is -0.119. The number of rotatable bonds is 3. The molecular weight excluding hydrogens is 178 g/mol. The van der Waals surface area contributed by atoms with Crippen LogP contribution in [0.3, 0.4) is 0 Å². The minimum Gasteiger partial charge on any atom is -0.326 e. The Bertz CT molecular complexity index is 351. The van der Waals surface area contributed by atoms with Gasteiger partial charge in [0, 0.05) is 6.54 Å². The summed E-state index contributed by atoms with van der Waals surface area (Å²) in [7, 11) is 0. The van der Waals surface area contributed by atoms with Crippen LogP contribution in [0.15, 0.2) is 24.3 Å². The summed E-state index contributed by atoms with van der Waals surface area (Å²) < 4.78 is 0. The monoisotopic (exact) mass is 189 g/mol. The van der Waals surface area contributed by atoms with Crippen LogP contribution in [0.1, 0.15) is 11.1 Å². The molecular formula is C10H11N3O. The average Bonchev–Trinajstić information content (AvgIpc) is 2.19. The fraction of sp³-hybridized carbons (Fsp3) is 0.200. The zero-order chi connectivity index (χ0) is 10.4. The van der Waals surface area contributed by atoms with Gasteiger partial charge in [-0.25, -0.2) is 0 Å². The summed E-state index contributed by atoms with van der Waals surface area (Å²) in [4.78, 5) is 11.0. The number of nitrogens with two attached hydrogens (primary N) is 1. The van der Waals surface area contributed by atoms with Crippen molar-refractivity contribution in [2.75, 3.05) is 0 Å². The second-order valence-electron chi connectivity index (χ2n) is 2.86. The number of nitrogens with one attached hydrogen (secondary N) is 1. The van der Waals surface area contributed by atoms with Crippen LogP contribution in [0.4, 0.5) is 0 Å². The number of hydrogen-bond acceptors (Lipinski definition) is 3. The summed E-state index contributed by atoms with van der Waals surface area (Å²) in [5.41, 5.74) is 7.32. The van der Waals surface area contributed by atoms with E-state index >= 15 is 0 Å². The quantitative estimate of drug-likeness (QED) is 0.529. The second-order valence-corrected chi connectivity index (χ2v) is 2.86. The van der Waals surface area contributed by atoms with Crippen molar-refractivity contribution in [3.05, 3.63) is 35.4 Å². The number of nitrogens with zero attached hydrogens (tertiary/aromatic N) is 1. The van der Waals surface area contributed by atoms with Gasteiger partial charge in [0.2, 0.25) is 5.91 Å². The maximum absolute atomic E-state index is 11.0. The highest BCUT2D eigenvalue weighted by atomic mass is 16.1. The van der Waals surface area contributed by atoms with Crippen molar-refractivity contribution in [3.8, 4) is 6.19 Å². The third-order valence-electron chi connectivity index (χ3n) is 1.82. The number of hydrogen-bond donors (Lipinski definition) is 2. The minimum absolute atomic E-state index is 0.221. The first kappa shape index (κ1) is 10.2. The van der Waals surface area contributed by atoms with Crippen LogP contribution < -0.4 is 11.1 Å². The van der Waals surface area contributed by atoms with E-state index in [1.807, 2.05) is 24.3 Å². The average molecular weight is 189 g/mol. The fourth-order valence-electron chi connectivity index (χ4n) is 1.09. The van der Waals surface area contributed by atoms with E-state index in [-0.39, 0.29) is 12.3 Å². The second kappa shape index (κ2) is 5.00. The lowest BCUT2D eigenvalue weighted by Gasteiger charge is -2.00. The summed E-state index contributed by atoms with van der Waals surface area (Å²) >= 11 is 0. The van der Waals surface area contributed by atoms with Crippen LogP contribution in [0.2, 0.25) is 0 Å². The van der Waals surface area contributed by atoms with Gasteiger partial charge in [-0.1, -0.05) is 24.3 Å². The molecule has 0 bridgehead atoms. The topological polar surface area (TPSA) is 78.9 Å². The van der Waals surface area contributed by atoms with Crippen molar-refractivity contribution in [1.29, 1.82) is 5.26 Å². The van der Waals surface area contributed by atoms with E-state index in [9.17, 15) is 4.79 Å². The summed E-state index contributed by atoms with van der Waals surface area (Å²) in [6, 6.07) is 7.41. The third-order valence-corrected chi connectivity index (χ3v) is 1.82. The molecule has 72 valence electrons. The number of carbonyl (C=O) groups is 1. The lowest BCUT2D eigenvalue weighted by Crippen LogP contribution is -2.19. The Kier molecular flexibility index (Phi) is 3.65. The Morgan fingerprint density at radius 3 is 2.43 bits per heavy atom. The van der Waals surface area contributed by atoms with E-state index < -0.39 is 0 Å². The first-order valence-electron chi connectivity index (χ1n) is 4.22. The van der Waals surface area contributed by atoms with Gasteiger partial charge in [0.25, 0.3) is 0 Å². The minimum atomic E-state index is -0.298. The molecule has 4 heteroatoms. The zero-order valence-corrected chi connectivity index (χ0v) is 7.66. The van der Waals surface area contributed by atoms with Crippen molar-refractivity contribution in [1.82, 2.24) is 5.32 Å². The van der Waals surface area contributed by atoms with Gasteiger partial charge in [-0.15, -0.1) is 0 Å². The molecule has 0 heterocycles. The van der Waals surface area contributed by atoms with Crippen LogP contribution >= 0.6 is 0 Å². The van der Waals surface area contributed by atoms with Gasteiger partial charge in [-0.05, 0) is 11.1 Å². The molecule has 14 heavy (non-hydrogen) atoms. The highest BCUT2D eigenvalue weighted by Crippen LogP contribution is 2.04. The molecule has 0 aromatic heterocycles. The molecule has 0 fully saturated rings. The first-order chi connectivity index (χ1) is 6.76. The van der Waals surface area contributed by atoms with Gasteiger partial charge in [0.05, 0.1) is 6.42 Å². The van der Waals surface area contributed by atoms with Crippen molar-refractivity contribution >= 4 is 5.91 Å². The van der Waals surface area contributed by atoms with Gasteiger partial charge in [0.15, 0.2) is 6.19 Å². The molecule has 0 saturated carbocycles. The molecule has 1 aromatic rings. The third kappa shape index (κ3) is 2.88. The zero-order valence-electron chi connectivity index (χ0n) is 7.66. The molecule has 1 amide bonds. The van der Waals surface area contributed by atoms with Gasteiger partial charge in [-0.3, -0.25) is 10.1 Å². The maximum atomic E-state index is 11.0. The van der Waals surface area contributed by atoms with E-state index in [0.717, 1.165) is 11.1 Å². The molecule has 0 atom stereocenters.